The highest BCUT2D eigenvalue weighted by molar-refractivity contribution is 5.70. The Bertz CT molecular complexity index is 274. The SMILES string of the molecule is C[C@@H]1CC[C@H](COC(=O)C[NH+]2CCCC2)[C@H](C)C1. The Morgan fingerprint density at radius 1 is 1.22 bits per heavy atom. The first kappa shape index (κ1) is 13.9. The van der Waals surface area contributed by atoms with Gasteiger partial charge in [-0.25, -0.2) is 4.79 Å². The van der Waals surface area contributed by atoms with E-state index in [0.29, 0.717) is 25.0 Å². The normalized spacial score (nSPS) is 33.6. The number of quaternary nitrogens is 1. The highest BCUT2D eigenvalue weighted by Gasteiger charge is 2.27. The van der Waals surface area contributed by atoms with Gasteiger partial charge in [-0.15, -0.1) is 0 Å². The Morgan fingerprint density at radius 3 is 2.61 bits per heavy atom. The second-order valence-corrected chi connectivity index (χ2v) is 6.47. The van der Waals surface area contributed by atoms with Crippen LogP contribution in [-0.2, 0) is 9.53 Å². The summed E-state index contributed by atoms with van der Waals surface area (Å²) in [6.07, 6.45) is 6.34. The van der Waals surface area contributed by atoms with Gasteiger partial charge in [0.25, 0.3) is 0 Å². The molecule has 104 valence electrons. The summed E-state index contributed by atoms with van der Waals surface area (Å²) in [5, 5.41) is 0. The second-order valence-electron chi connectivity index (χ2n) is 6.47. The fraction of sp³-hybridized carbons (Fsp3) is 0.933. The molecule has 0 unspecified atom stereocenters. The van der Waals surface area contributed by atoms with Gasteiger partial charge >= 0.3 is 5.97 Å². The van der Waals surface area contributed by atoms with Crippen molar-refractivity contribution < 1.29 is 14.4 Å². The quantitative estimate of drug-likeness (QED) is 0.766. The third-order valence-electron chi connectivity index (χ3n) is 4.77. The Morgan fingerprint density at radius 2 is 1.94 bits per heavy atom. The minimum Gasteiger partial charge on any atom is -0.461 e. The lowest BCUT2D eigenvalue weighted by Crippen LogP contribution is -3.11. The van der Waals surface area contributed by atoms with E-state index in [2.05, 4.69) is 13.8 Å². The molecule has 1 aliphatic heterocycles. The van der Waals surface area contributed by atoms with Crippen molar-refractivity contribution >= 4 is 5.97 Å². The van der Waals surface area contributed by atoms with Gasteiger partial charge in [0.1, 0.15) is 0 Å². The molecule has 0 spiro atoms. The molecule has 0 bridgehead atoms. The molecular weight excluding hydrogens is 226 g/mol. The molecular formula is C15H28NO2+. The van der Waals surface area contributed by atoms with Crippen molar-refractivity contribution in [2.75, 3.05) is 26.2 Å². The van der Waals surface area contributed by atoms with Gasteiger partial charge in [0.2, 0.25) is 0 Å². The van der Waals surface area contributed by atoms with E-state index in [9.17, 15) is 4.79 Å². The van der Waals surface area contributed by atoms with Crippen molar-refractivity contribution in [3.8, 4) is 0 Å². The van der Waals surface area contributed by atoms with Crippen LogP contribution in [0.1, 0.15) is 46.0 Å². The predicted octanol–water partition coefficient (Wildman–Crippen LogP) is 1.28. The number of hydrogen-bond donors (Lipinski definition) is 1. The van der Waals surface area contributed by atoms with Gasteiger partial charge in [-0.05, 0) is 30.6 Å². The molecule has 3 nitrogen and oxygen atoms in total. The van der Waals surface area contributed by atoms with Crippen molar-refractivity contribution in [1.82, 2.24) is 0 Å². The van der Waals surface area contributed by atoms with Gasteiger partial charge in [0.15, 0.2) is 6.54 Å². The summed E-state index contributed by atoms with van der Waals surface area (Å²) in [6, 6.07) is 0. The Hall–Kier alpha value is -0.570. The summed E-state index contributed by atoms with van der Waals surface area (Å²) in [5.74, 6) is 2.16. The Kier molecular flexibility index (Phi) is 5.04. The van der Waals surface area contributed by atoms with Gasteiger partial charge in [0, 0.05) is 12.8 Å². The molecule has 0 aromatic rings. The van der Waals surface area contributed by atoms with Crippen molar-refractivity contribution in [2.45, 2.75) is 46.0 Å². The molecule has 0 aromatic carbocycles. The van der Waals surface area contributed by atoms with Crippen molar-refractivity contribution in [3.05, 3.63) is 0 Å². The van der Waals surface area contributed by atoms with Crippen LogP contribution in [0.4, 0.5) is 0 Å². The molecule has 3 atom stereocenters. The number of esters is 1. The second kappa shape index (κ2) is 6.55. The molecule has 1 N–H and O–H groups in total. The fourth-order valence-electron chi connectivity index (χ4n) is 3.48. The average Bonchev–Trinajstić information content (AvgIpc) is 2.80. The van der Waals surface area contributed by atoms with Crippen LogP contribution in [-0.4, -0.2) is 32.2 Å². The van der Waals surface area contributed by atoms with Crippen molar-refractivity contribution in [2.24, 2.45) is 17.8 Å². The summed E-state index contributed by atoms with van der Waals surface area (Å²) < 4.78 is 5.49. The molecule has 2 fully saturated rings. The van der Waals surface area contributed by atoms with Gasteiger partial charge in [-0.3, -0.25) is 0 Å². The molecule has 2 aliphatic rings. The first-order chi connectivity index (χ1) is 8.65. The van der Waals surface area contributed by atoms with Gasteiger partial charge < -0.3 is 9.64 Å². The number of carbonyl (C=O) groups is 1. The maximum atomic E-state index is 11.8. The third-order valence-corrected chi connectivity index (χ3v) is 4.77. The Labute approximate surface area is 111 Å². The minimum atomic E-state index is 0.0118. The first-order valence-corrected chi connectivity index (χ1v) is 7.64. The molecule has 1 saturated heterocycles. The lowest BCUT2D eigenvalue weighted by atomic mass is 9.76. The van der Waals surface area contributed by atoms with Crippen LogP contribution in [0.15, 0.2) is 0 Å². The van der Waals surface area contributed by atoms with Crippen LogP contribution >= 0.6 is 0 Å². The number of nitrogens with one attached hydrogen (secondary N) is 1. The highest BCUT2D eigenvalue weighted by Crippen LogP contribution is 2.33. The summed E-state index contributed by atoms with van der Waals surface area (Å²) in [4.78, 5) is 13.2. The molecule has 0 aromatic heterocycles. The van der Waals surface area contributed by atoms with E-state index in [1.807, 2.05) is 0 Å². The van der Waals surface area contributed by atoms with E-state index in [0.717, 1.165) is 19.0 Å². The third kappa shape index (κ3) is 3.98. The molecule has 18 heavy (non-hydrogen) atoms. The predicted molar refractivity (Wildman–Crippen MR) is 71.4 cm³/mol. The van der Waals surface area contributed by atoms with E-state index in [-0.39, 0.29) is 5.97 Å². The van der Waals surface area contributed by atoms with E-state index >= 15 is 0 Å². The maximum Gasteiger partial charge on any atom is 0.361 e. The molecule has 1 heterocycles. The lowest BCUT2D eigenvalue weighted by molar-refractivity contribution is -0.879. The molecule has 0 radical (unpaired) electrons. The summed E-state index contributed by atoms with van der Waals surface area (Å²) in [6.45, 7) is 8.16. The zero-order valence-corrected chi connectivity index (χ0v) is 11.9. The van der Waals surface area contributed by atoms with Crippen molar-refractivity contribution in [1.29, 1.82) is 0 Å². The van der Waals surface area contributed by atoms with Gasteiger partial charge in [-0.1, -0.05) is 20.3 Å². The van der Waals surface area contributed by atoms with Crippen LogP contribution in [0.3, 0.4) is 0 Å². The standard InChI is InChI=1S/C15H27NO2/c1-12-5-6-14(13(2)9-12)11-18-15(17)10-16-7-3-4-8-16/h12-14H,3-11H2,1-2H3/p+1/t12-,13-,14-/m1/s1. The number of likely N-dealkylation sites (tertiary alicyclic amines) is 1. The largest absolute Gasteiger partial charge is 0.461 e. The minimum absolute atomic E-state index is 0.0118. The molecule has 0 amide bonds. The maximum absolute atomic E-state index is 11.8. The highest BCUT2D eigenvalue weighted by atomic mass is 16.5. The monoisotopic (exact) mass is 254 g/mol. The van der Waals surface area contributed by atoms with Crippen LogP contribution in [0, 0.1) is 17.8 Å². The summed E-state index contributed by atoms with van der Waals surface area (Å²) >= 11 is 0. The van der Waals surface area contributed by atoms with Crippen LogP contribution < -0.4 is 4.90 Å². The zero-order chi connectivity index (χ0) is 13.0. The van der Waals surface area contributed by atoms with E-state index in [1.165, 1.54) is 37.0 Å². The molecule has 1 aliphatic carbocycles. The fourth-order valence-corrected chi connectivity index (χ4v) is 3.48. The topological polar surface area (TPSA) is 30.7 Å². The number of ether oxygens (including phenoxy) is 1. The number of rotatable bonds is 4. The zero-order valence-electron chi connectivity index (χ0n) is 11.9. The Balaban J connectivity index is 1.65. The smallest absolute Gasteiger partial charge is 0.361 e. The molecule has 3 heteroatoms. The number of carbonyl (C=O) groups excluding carboxylic acids is 1. The molecule has 1 saturated carbocycles. The van der Waals surface area contributed by atoms with Crippen molar-refractivity contribution in [3.63, 3.8) is 0 Å². The summed E-state index contributed by atoms with van der Waals surface area (Å²) in [7, 11) is 0. The van der Waals surface area contributed by atoms with Gasteiger partial charge in [-0.2, -0.15) is 0 Å². The first-order valence-electron chi connectivity index (χ1n) is 7.64. The van der Waals surface area contributed by atoms with Crippen LogP contribution in [0.2, 0.25) is 0 Å². The molecule has 2 rings (SSSR count). The summed E-state index contributed by atoms with van der Waals surface area (Å²) in [5.41, 5.74) is 0. The van der Waals surface area contributed by atoms with Crippen LogP contribution in [0.25, 0.3) is 0 Å². The van der Waals surface area contributed by atoms with Gasteiger partial charge in [0.05, 0.1) is 19.7 Å². The number of hydrogen-bond acceptors (Lipinski definition) is 2. The van der Waals surface area contributed by atoms with E-state index < -0.39 is 0 Å². The van der Waals surface area contributed by atoms with E-state index in [1.54, 1.807) is 0 Å². The van der Waals surface area contributed by atoms with E-state index in [4.69, 9.17) is 4.74 Å². The average molecular weight is 254 g/mol. The lowest BCUT2D eigenvalue weighted by Gasteiger charge is -2.32. The van der Waals surface area contributed by atoms with Crippen LogP contribution in [0.5, 0.6) is 0 Å².